The molecule has 0 aliphatic heterocycles. The lowest BCUT2D eigenvalue weighted by Crippen LogP contribution is -2.03. The Labute approximate surface area is 243 Å². The molecular formula is C30H40Br2O2S2. The number of hydrogen-bond acceptors (Lipinski definition) is 4. The summed E-state index contributed by atoms with van der Waals surface area (Å²) in [5.74, 6) is 1.74. The quantitative estimate of drug-likeness (QED) is 0.127. The Morgan fingerprint density at radius 3 is 1.31 bits per heavy atom. The molecule has 0 saturated heterocycles. The van der Waals surface area contributed by atoms with Crippen molar-refractivity contribution >= 4 is 54.5 Å². The molecule has 3 aromatic rings. The van der Waals surface area contributed by atoms with E-state index in [1.165, 1.54) is 85.1 Å². The van der Waals surface area contributed by atoms with Crippen molar-refractivity contribution in [2.45, 2.75) is 90.9 Å². The van der Waals surface area contributed by atoms with Crippen molar-refractivity contribution in [3.63, 3.8) is 0 Å². The van der Waals surface area contributed by atoms with Gasteiger partial charge in [0.2, 0.25) is 0 Å². The fraction of sp³-hybridized carbons (Fsp3) is 0.533. The number of ether oxygens (including phenoxy) is 2. The minimum absolute atomic E-state index is 0.733. The summed E-state index contributed by atoms with van der Waals surface area (Å²) >= 11 is 10.8. The highest BCUT2D eigenvalue weighted by Gasteiger charge is 2.18. The van der Waals surface area contributed by atoms with Gasteiger partial charge in [0.1, 0.15) is 0 Å². The summed E-state index contributed by atoms with van der Waals surface area (Å²) in [5.41, 5.74) is 2.40. The summed E-state index contributed by atoms with van der Waals surface area (Å²) in [6, 6.07) is 13.0. The second-order valence-electron chi connectivity index (χ2n) is 9.28. The van der Waals surface area contributed by atoms with Crippen molar-refractivity contribution in [1.82, 2.24) is 0 Å². The van der Waals surface area contributed by atoms with Gasteiger partial charge in [-0.25, -0.2) is 0 Å². The molecule has 2 nitrogen and oxygen atoms in total. The Bertz CT molecular complexity index is 947. The van der Waals surface area contributed by atoms with Crippen LogP contribution in [0.1, 0.15) is 90.9 Å². The van der Waals surface area contributed by atoms with E-state index in [0.29, 0.717) is 0 Å². The zero-order chi connectivity index (χ0) is 25.6. The fourth-order valence-corrected chi connectivity index (χ4v) is 7.07. The van der Waals surface area contributed by atoms with Gasteiger partial charge in [-0.1, -0.05) is 78.1 Å². The summed E-state index contributed by atoms with van der Waals surface area (Å²) in [4.78, 5) is 2.46. The van der Waals surface area contributed by atoms with Crippen LogP contribution >= 0.6 is 54.5 Å². The Balaban J connectivity index is 1.78. The standard InChI is InChI=1S/C30H40Br2O2S2/c1-3-5-7-9-11-13-19-33-25-21-23(27-15-17-29(31)35-27)24(28-16-18-30(32)36-28)22-26(25)34-20-14-12-10-8-6-4-2/h15-18,21-22H,3-14,19-20H2,1-2H3. The average Bonchev–Trinajstić information content (AvgIpc) is 3.51. The molecule has 0 spiro atoms. The molecule has 0 saturated carbocycles. The first-order valence-corrected chi connectivity index (χ1v) is 16.8. The van der Waals surface area contributed by atoms with Crippen molar-refractivity contribution in [3.05, 3.63) is 44.0 Å². The van der Waals surface area contributed by atoms with Crippen molar-refractivity contribution in [3.8, 4) is 32.4 Å². The second kappa shape index (κ2) is 16.9. The Hall–Kier alpha value is -0.820. The maximum absolute atomic E-state index is 6.38. The van der Waals surface area contributed by atoms with Gasteiger partial charge >= 0.3 is 0 Å². The maximum Gasteiger partial charge on any atom is 0.161 e. The largest absolute Gasteiger partial charge is 0.490 e. The third kappa shape index (κ3) is 9.81. The number of benzene rings is 1. The van der Waals surface area contributed by atoms with Crippen LogP contribution in [0, 0.1) is 0 Å². The molecule has 1 aromatic carbocycles. The van der Waals surface area contributed by atoms with Crippen molar-refractivity contribution in [2.75, 3.05) is 13.2 Å². The SMILES string of the molecule is CCCCCCCCOc1cc(-c2ccc(Br)s2)c(-c2ccc(Br)s2)cc1OCCCCCCCC. The Morgan fingerprint density at radius 1 is 0.556 bits per heavy atom. The van der Waals surface area contributed by atoms with E-state index >= 15 is 0 Å². The molecule has 0 aliphatic carbocycles. The fourth-order valence-electron chi connectivity index (χ4n) is 4.24. The summed E-state index contributed by atoms with van der Waals surface area (Å²) in [5, 5.41) is 0. The number of unbranched alkanes of at least 4 members (excludes halogenated alkanes) is 10. The molecule has 0 amide bonds. The first-order valence-electron chi connectivity index (χ1n) is 13.6. The first-order chi connectivity index (χ1) is 17.6. The molecule has 0 fully saturated rings. The molecule has 2 heterocycles. The van der Waals surface area contributed by atoms with Gasteiger partial charge in [0.25, 0.3) is 0 Å². The van der Waals surface area contributed by atoms with Crippen molar-refractivity contribution in [1.29, 1.82) is 0 Å². The predicted molar refractivity (Wildman–Crippen MR) is 166 cm³/mol. The van der Waals surface area contributed by atoms with Crippen LogP contribution in [0.5, 0.6) is 11.5 Å². The van der Waals surface area contributed by atoms with Crippen LogP contribution in [-0.2, 0) is 0 Å². The lowest BCUT2D eigenvalue weighted by Gasteiger charge is -2.17. The Morgan fingerprint density at radius 2 is 0.944 bits per heavy atom. The van der Waals surface area contributed by atoms with E-state index in [1.54, 1.807) is 22.7 Å². The van der Waals surface area contributed by atoms with Crippen LogP contribution < -0.4 is 9.47 Å². The van der Waals surface area contributed by atoms with Crippen molar-refractivity contribution in [2.24, 2.45) is 0 Å². The molecule has 3 rings (SSSR count). The number of halogens is 2. The molecule has 0 aliphatic rings. The number of rotatable bonds is 18. The maximum atomic E-state index is 6.38. The third-order valence-corrected chi connectivity index (χ3v) is 9.59. The van der Waals surface area contributed by atoms with E-state index in [-0.39, 0.29) is 0 Å². The summed E-state index contributed by atoms with van der Waals surface area (Å²) in [6.07, 6.45) is 15.1. The molecule has 0 unspecified atom stereocenters. The average molecular weight is 657 g/mol. The van der Waals surface area contributed by atoms with Gasteiger partial charge in [0, 0.05) is 20.9 Å². The molecule has 0 bridgehead atoms. The van der Waals surface area contributed by atoms with Gasteiger partial charge in [0.15, 0.2) is 11.5 Å². The Kier molecular flexibility index (Phi) is 14.0. The first kappa shape index (κ1) is 29.7. The topological polar surface area (TPSA) is 18.5 Å². The van der Waals surface area contributed by atoms with Crippen LogP contribution in [0.25, 0.3) is 20.9 Å². The monoisotopic (exact) mass is 654 g/mol. The minimum Gasteiger partial charge on any atom is -0.490 e. The third-order valence-electron chi connectivity index (χ3n) is 6.27. The summed E-state index contributed by atoms with van der Waals surface area (Å²) < 4.78 is 15.0. The van der Waals surface area contributed by atoms with Gasteiger partial charge < -0.3 is 9.47 Å². The highest BCUT2D eigenvalue weighted by molar-refractivity contribution is 9.11. The molecule has 6 heteroatoms. The van der Waals surface area contributed by atoms with Gasteiger partial charge in [-0.3, -0.25) is 0 Å². The molecular weight excluding hydrogens is 616 g/mol. The normalized spacial score (nSPS) is 11.2. The molecule has 0 atom stereocenters. The van der Waals surface area contributed by atoms with Gasteiger partial charge in [-0.2, -0.15) is 0 Å². The summed E-state index contributed by atoms with van der Waals surface area (Å²) in [7, 11) is 0. The summed E-state index contributed by atoms with van der Waals surface area (Å²) in [6.45, 7) is 5.99. The molecule has 0 radical (unpaired) electrons. The lowest BCUT2D eigenvalue weighted by molar-refractivity contribution is 0.258. The van der Waals surface area contributed by atoms with Crippen LogP contribution in [0.4, 0.5) is 0 Å². The highest BCUT2D eigenvalue weighted by Crippen LogP contribution is 2.46. The van der Waals surface area contributed by atoms with E-state index in [2.05, 4.69) is 82.1 Å². The van der Waals surface area contributed by atoms with Crippen LogP contribution in [-0.4, -0.2) is 13.2 Å². The van der Waals surface area contributed by atoms with E-state index in [1.807, 2.05) is 0 Å². The van der Waals surface area contributed by atoms with Gasteiger partial charge in [-0.15, -0.1) is 22.7 Å². The predicted octanol–water partition coefficient (Wildman–Crippen LogP) is 12.1. The molecule has 36 heavy (non-hydrogen) atoms. The number of thiophene rings is 2. The molecule has 0 N–H and O–H groups in total. The van der Waals surface area contributed by atoms with E-state index in [0.717, 1.165) is 45.1 Å². The lowest BCUT2D eigenvalue weighted by atomic mass is 10.0. The zero-order valence-electron chi connectivity index (χ0n) is 21.8. The van der Waals surface area contributed by atoms with Crippen molar-refractivity contribution < 1.29 is 9.47 Å². The number of hydrogen-bond donors (Lipinski definition) is 0. The van der Waals surface area contributed by atoms with E-state index < -0.39 is 0 Å². The molecule has 2 aromatic heterocycles. The minimum atomic E-state index is 0.733. The molecule has 198 valence electrons. The second-order valence-corrected chi connectivity index (χ2v) is 14.2. The van der Waals surface area contributed by atoms with Gasteiger partial charge in [0.05, 0.1) is 20.8 Å². The van der Waals surface area contributed by atoms with Gasteiger partial charge in [-0.05, 0) is 81.1 Å². The van der Waals surface area contributed by atoms with Crippen LogP contribution in [0.3, 0.4) is 0 Å². The van der Waals surface area contributed by atoms with Crippen LogP contribution in [0.2, 0.25) is 0 Å². The van der Waals surface area contributed by atoms with E-state index in [4.69, 9.17) is 9.47 Å². The smallest absolute Gasteiger partial charge is 0.161 e. The highest BCUT2D eigenvalue weighted by atomic mass is 79.9. The zero-order valence-corrected chi connectivity index (χ0v) is 26.6. The van der Waals surface area contributed by atoms with Crippen LogP contribution in [0.15, 0.2) is 44.0 Å². The van der Waals surface area contributed by atoms with E-state index in [9.17, 15) is 0 Å².